The van der Waals surface area contributed by atoms with Crippen molar-refractivity contribution >= 4 is 21.6 Å². The number of nitro groups is 1. The summed E-state index contributed by atoms with van der Waals surface area (Å²) in [5, 5.41) is 20.5. The summed E-state index contributed by atoms with van der Waals surface area (Å²) in [5.74, 6) is 0.256. The summed E-state index contributed by atoms with van der Waals surface area (Å²) in [6.07, 6.45) is 0.801. The van der Waals surface area contributed by atoms with E-state index >= 15 is 0 Å². The van der Waals surface area contributed by atoms with Gasteiger partial charge in [-0.05, 0) is 40.5 Å². The molecule has 1 heterocycles. The van der Waals surface area contributed by atoms with Gasteiger partial charge in [-0.3, -0.25) is 10.1 Å². The predicted octanol–water partition coefficient (Wildman–Crippen LogP) is 3.60. The van der Waals surface area contributed by atoms with Crippen LogP contribution in [0.2, 0.25) is 0 Å². The van der Waals surface area contributed by atoms with Crippen LogP contribution in [-0.2, 0) is 0 Å². The number of ether oxygens (including phenoxy) is 1. The Morgan fingerprint density at radius 1 is 1.45 bits per heavy atom. The van der Waals surface area contributed by atoms with E-state index in [9.17, 15) is 15.2 Å². The van der Waals surface area contributed by atoms with Crippen molar-refractivity contribution in [2.45, 2.75) is 13.0 Å². The van der Waals surface area contributed by atoms with Gasteiger partial charge in [0, 0.05) is 18.3 Å². The third-order valence-corrected chi connectivity index (χ3v) is 3.22. The van der Waals surface area contributed by atoms with Crippen LogP contribution in [0.25, 0.3) is 0 Å². The lowest BCUT2D eigenvalue weighted by molar-refractivity contribution is -0.385. The molecule has 6 nitrogen and oxygen atoms in total. The van der Waals surface area contributed by atoms with E-state index < -0.39 is 11.0 Å². The summed E-state index contributed by atoms with van der Waals surface area (Å²) in [5.41, 5.74) is 0.452. The Balaban J connectivity index is 2.40. The SMILES string of the molecule is CC(O)c1ccnc(Oc2c(Br)cccc2[N+](=O)[O-])c1. The average Bonchev–Trinajstić information content (AvgIpc) is 2.41. The number of aliphatic hydroxyl groups excluding tert-OH is 1. The van der Waals surface area contributed by atoms with Gasteiger partial charge in [-0.15, -0.1) is 0 Å². The second-order valence-electron chi connectivity index (χ2n) is 4.05. The zero-order valence-electron chi connectivity index (χ0n) is 10.5. The first-order chi connectivity index (χ1) is 9.49. The maximum atomic E-state index is 11.0. The highest BCUT2D eigenvalue weighted by Crippen LogP contribution is 2.37. The largest absolute Gasteiger partial charge is 0.431 e. The smallest absolute Gasteiger partial charge is 0.312 e. The van der Waals surface area contributed by atoms with E-state index in [2.05, 4.69) is 20.9 Å². The number of halogens is 1. The van der Waals surface area contributed by atoms with Crippen molar-refractivity contribution in [3.8, 4) is 11.6 Å². The molecule has 0 spiro atoms. The van der Waals surface area contributed by atoms with Gasteiger partial charge in [0.25, 0.3) is 0 Å². The topological polar surface area (TPSA) is 85.5 Å². The summed E-state index contributed by atoms with van der Waals surface area (Å²) in [6.45, 7) is 1.61. The number of hydrogen-bond donors (Lipinski definition) is 1. The highest BCUT2D eigenvalue weighted by atomic mass is 79.9. The van der Waals surface area contributed by atoms with E-state index in [0.717, 1.165) is 0 Å². The van der Waals surface area contributed by atoms with Crippen molar-refractivity contribution in [2.75, 3.05) is 0 Å². The van der Waals surface area contributed by atoms with Crippen LogP contribution in [0.3, 0.4) is 0 Å². The Morgan fingerprint density at radius 3 is 2.85 bits per heavy atom. The van der Waals surface area contributed by atoms with Gasteiger partial charge in [0.2, 0.25) is 11.6 Å². The predicted molar refractivity (Wildman–Crippen MR) is 75.7 cm³/mol. The molecule has 0 fully saturated rings. The summed E-state index contributed by atoms with van der Waals surface area (Å²) in [7, 11) is 0. The number of hydrogen-bond acceptors (Lipinski definition) is 5. The number of para-hydroxylation sites is 1. The molecule has 0 saturated carbocycles. The van der Waals surface area contributed by atoms with Crippen molar-refractivity contribution in [1.29, 1.82) is 0 Å². The zero-order chi connectivity index (χ0) is 14.7. The van der Waals surface area contributed by atoms with E-state index in [1.54, 1.807) is 25.1 Å². The molecule has 0 bridgehead atoms. The summed E-state index contributed by atoms with van der Waals surface area (Å²) < 4.78 is 5.94. The Morgan fingerprint density at radius 2 is 2.20 bits per heavy atom. The van der Waals surface area contributed by atoms with Gasteiger partial charge in [0.15, 0.2) is 0 Å². The molecule has 0 aliphatic rings. The van der Waals surface area contributed by atoms with E-state index in [0.29, 0.717) is 10.0 Å². The minimum atomic E-state index is -0.672. The highest BCUT2D eigenvalue weighted by Gasteiger charge is 2.19. The molecule has 2 aromatic rings. The van der Waals surface area contributed by atoms with Gasteiger partial charge in [0.05, 0.1) is 15.5 Å². The summed E-state index contributed by atoms with van der Waals surface area (Å²) in [4.78, 5) is 14.4. The number of nitrogens with zero attached hydrogens (tertiary/aromatic N) is 2. The molecule has 2 rings (SSSR count). The third kappa shape index (κ3) is 3.12. The highest BCUT2D eigenvalue weighted by molar-refractivity contribution is 9.10. The molecule has 1 unspecified atom stereocenters. The van der Waals surface area contributed by atoms with Gasteiger partial charge in [-0.25, -0.2) is 4.98 Å². The molecular formula is C13H11BrN2O4. The van der Waals surface area contributed by atoms with Crippen molar-refractivity contribution in [3.05, 3.63) is 56.7 Å². The van der Waals surface area contributed by atoms with Crippen LogP contribution in [0.5, 0.6) is 11.6 Å². The van der Waals surface area contributed by atoms with Crippen LogP contribution >= 0.6 is 15.9 Å². The lowest BCUT2D eigenvalue weighted by atomic mass is 10.2. The standard InChI is InChI=1S/C13H11BrN2O4/c1-8(17)9-5-6-15-12(7-9)20-13-10(14)3-2-4-11(13)16(18)19/h2-8,17H,1H3. The minimum absolute atomic E-state index is 0.0766. The molecule has 20 heavy (non-hydrogen) atoms. The first kappa shape index (κ1) is 14.4. The molecule has 0 radical (unpaired) electrons. The quantitative estimate of drug-likeness (QED) is 0.679. The fourth-order valence-electron chi connectivity index (χ4n) is 1.59. The Bertz CT molecular complexity index is 646. The van der Waals surface area contributed by atoms with Crippen molar-refractivity contribution in [3.63, 3.8) is 0 Å². The first-order valence-electron chi connectivity index (χ1n) is 5.74. The van der Waals surface area contributed by atoms with E-state index in [-0.39, 0.29) is 17.3 Å². The molecule has 1 N–H and O–H groups in total. The molecule has 1 atom stereocenters. The molecular weight excluding hydrogens is 328 g/mol. The van der Waals surface area contributed by atoms with E-state index in [4.69, 9.17) is 4.74 Å². The summed E-state index contributed by atoms with van der Waals surface area (Å²) in [6, 6.07) is 7.72. The van der Waals surface area contributed by atoms with Gasteiger partial charge in [0.1, 0.15) is 0 Å². The maximum absolute atomic E-state index is 11.0. The molecule has 0 aliphatic carbocycles. The fraction of sp³-hybridized carbons (Fsp3) is 0.154. The van der Waals surface area contributed by atoms with E-state index in [1.807, 2.05) is 0 Å². The van der Waals surface area contributed by atoms with Gasteiger partial charge < -0.3 is 9.84 Å². The van der Waals surface area contributed by atoms with Crippen molar-refractivity contribution in [2.24, 2.45) is 0 Å². The molecule has 0 amide bonds. The number of pyridine rings is 1. The number of benzene rings is 1. The average molecular weight is 339 g/mol. The summed E-state index contributed by atoms with van der Waals surface area (Å²) >= 11 is 3.21. The Hall–Kier alpha value is -1.99. The molecule has 1 aromatic heterocycles. The second kappa shape index (κ2) is 5.98. The fourth-order valence-corrected chi connectivity index (χ4v) is 2.02. The minimum Gasteiger partial charge on any atom is -0.431 e. The van der Waals surface area contributed by atoms with Crippen molar-refractivity contribution in [1.82, 2.24) is 4.98 Å². The molecule has 0 saturated heterocycles. The Kier molecular flexibility index (Phi) is 4.31. The number of nitro benzene ring substituents is 1. The van der Waals surface area contributed by atoms with Gasteiger partial charge in [-0.2, -0.15) is 0 Å². The molecule has 7 heteroatoms. The third-order valence-electron chi connectivity index (χ3n) is 2.59. The van der Waals surface area contributed by atoms with Gasteiger partial charge >= 0.3 is 5.69 Å². The molecule has 104 valence electrons. The van der Waals surface area contributed by atoms with E-state index in [1.165, 1.54) is 18.3 Å². The lowest BCUT2D eigenvalue weighted by Crippen LogP contribution is -1.97. The molecule has 0 aliphatic heterocycles. The van der Waals surface area contributed by atoms with Crippen LogP contribution in [0, 0.1) is 10.1 Å². The number of rotatable bonds is 4. The van der Waals surface area contributed by atoms with Crippen LogP contribution < -0.4 is 4.74 Å². The molecule has 1 aromatic carbocycles. The maximum Gasteiger partial charge on any atom is 0.312 e. The Labute approximate surface area is 123 Å². The number of aromatic nitrogens is 1. The van der Waals surface area contributed by atoms with Gasteiger partial charge in [-0.1, -0.05) is 6.07 Å². The van der Waals surface area contributed by atoms with Crippen LogP contribution in [0.4, 0.5) is 5.69 Å². The number of aliphatic hydroxyl groups is 1. The normalized spacial score (nSPS) is 11.9. The first-order valence-corrected chi connectivity index (χ1v) is 6.53. The monoisotopic (exact) mass is 338 g/mol. The lowest BCUT2D eigenvalue weighted by Gasteiger charge is -2.09. The van der Waals surface area contributed by atoms with Crippen LogP contribution in [0.1, 0.15) is 18.6 Å². The van der Waals surface area contributed by atoms with Crippen LogP contribution in [-0.4, -0.2) is 15.0 Å². The van der Waals surface area contributed by atoms with Crippen LogP contribution in [0.15, 0.2) is 41.0 Å². The van der Waals surface area contributed by atoms with Crippen molar-refractivity contribution < 1.29 is 14.8 Å². The zero-order valence-corrected chi connectivity index (χ0v) is 12.1. The second-order valence-corrected chi connectivity index (χ2v) is 4.90.